The summed E-state index contributed by atoms with van der Waals surface area (Å²) < 4.78 is 0. The van der Waals surface area contributed by atoms with Crippen LogP contribution in [-0.2, 0) is 11.2 Å². The highest BCUT2D eigenvalue weighted by molar-refractivity contribution is 7.10. The van der Waals surface area contributed by atoms with Crippen molar-refractivity contribution in [2.75, 3.05) is 0 Å². The van der Waals surface area contributed by atoms with Gasteiger partial charge < -0.3 is 5.73 Å². The van der Waals surface area contributed by atoms with Crippen LogP contribution in [0.3, 0.4) is 0 Å². The van der Waals surface area contributed by atoms with E-state index in [0.717, 1.165) is 0 Å². The molecule has 0 aliphatic heterocycles. The molecule has 0 aliphatic carbocycles. The number of hydrogen-bond donors (Lipinski definition) is 1. The number of amides is 1. The summed E-state index contributed by atoms with van der Waals surface area (Å²) in [4.78, 5) is 14.2. The van der Waals surface area contributed by atoms with Crippen molar-refractivity contribution < 1.29 is 4.79 Å². The highest BCUT2D eigenvalue weighted by Gasteiger charge is 2.02. The lowest BCUT2D eigenvalue weighted by atomic mass is 10.4. The third-order valence-corrected chi connectivity index (χ3v) is 2.02. The number of carbonyl (C=O) groups is 1. The minimum Gasteiger partial charge on any atom is -0.369 e. The first kappa shape index (κ1) is 7.50. The monoisotopic (exact) mass is 176 g/mol. The molecule has 5 heteroatoms. The quantitative estimate of drug-likeness (QED) is 0.726. The molecule has 1 aromatic heterocycles. The molecule has 0 radical (unpaired) electrons. The number of nitrogens with zero attached hydrogens (tertiary/aromatic N) is 1. The van der Waals surface area contributed by atoms with E-state index >= 15 is 0 Å². The molecule has 1 aromatic rings. The number of rotatable bonds is 2. The fourth-order valence-corrected chi connectivity index (χ4v) is 1.47. The Kier molecular flexibility index (Phi) is 2.24. The Morgan fingerprint density at radius 1 is 1.90 bits per heavy atom. The highest BCUT2D eigenvalue weighted by Crippen LogP contribution is 2.13. The van der Waals surface area contributed by atoms with E-state index in [1.807, 2.05) is 0 Å². The van der Waals surface area contributed by atoms with Gasteiger partial charge in [-0.15, -0.1) is 11.3 Å². The van der Waals surface area contributed by atoms with Gasteiger partial charge in [-0.1, -0.05) is 11.6 Å². The van der Waals surface area contributed by atoms with E-state index in [0.29, 0.717) is 10.2 Å². The summed E-state index contributed by atoms with van der Waals surface area (Å²) in [7, 11) is 0. The van der Waals surface area contributed by atoms with E-state index in [2.05, 4.69) is 4.98 Å². The summed E-state index contributed by atoms with van der Waals surface area (Å²) >= 11 is 6.83. The molecule has 0 aliphatic rings. The van der Waals surface area contributed by atoms with Crippen LogP contribution in [0.4, 0.5) is 0 Å². The van der Waals surface area contributed by atoms with Crippen LogP contribution in [0.2, 0.25) is 5.15 Å². The lowest BCUT2D eigenvalue weighted by Crippen LogP contribution is -2.13. The van der Waals surface area contributed by atoms with Crippen LogP contribution in [-0.4, -0.2) is 10.9 Å². The van der Waals surface area contributed by atoms with Crippen molar-refractivity contribution in [3.05, 3.63) is 15.5 Å². The number of nitrogens with two attached hydrogens (primary N) is 1. The Balaban J connectivity index is 2.67. The number of hydrogen-bond acceptors (Lipinski definition) is 3. The van der Waals surface area contributed by atoms with Gasteiger partial charge in [-0.25, -0.2) is 4.98 Å². The van der Waals surface area contributed by atoms with Crippen molar-refractivity contribution in [1.82, 2.24) is 4.98 Å². The van der Waals surface area contributed by atoms with Gasteiger partial charge in [0.25, 0.3) is 0 Å². The van der Waals surface area contributed by atoms with Crippen molar-refractivity contribution in [3.63, 3.8) is 0 Å². The van der Waals surface area contributed by atoms with Gasteiger partial charge in [-0.2, -0.15) is 0 Å². The largest absolute Gasteiger partial charge is 0.369 e. The zero-order valence-corrected chi connectivity index (χ0v) is 6.58. The molecule has 0 unspecified atom stereocenters. The normalized spacial score (nSPS) is 9.70. The first-order chi connectivity index (χ1) is 4.68. The van der Waals surface area contributed by atoms with E-state index in [9.17, 15) is 4.79 Å². The van der Waals surface area contributed by atoms with E-state index in [1.165, 1.54) is 11.3 Å². The standard InChI is InChI=1S/C5H5ClN2OS/c6-3-2-10-5(8-3)1-4(7)9/h2H,1H2,(H2,7,9). The van der Waals surface area contributed by atoms with Gasteiger partial charge in [0.05, 0.1) is 6.42 Å². The smallest absolute Gasteiger partial charge is 0.224 e. The van der Waals surface area contributed by atoms with E-state index < -0.39 is 0 Å². The fourth-order valence-electron chi connectivity index (χ4n) is 0.519. The molecule has 0 saturated heterocycles. The zero-order valence-electron chi connectivity index (χ0n) is 5.00. The topological polar surface area (TPSA) is 56.0 Å². The molecule has 1 heterocycles. The Morgan fingerprint density at radius 2 is 2.60 bits per heavy atom. The molecule has 2 N–H and O–H groups in total. The zero-order chi connectivity index (χ0) is 7.56. The second kappa shape index (κ2) is 2.98. The van der Waals surface area contributed by atoms with Crippen molar-refractivity contribution in [2.45, 2.75) is 6.42 Å². The highest BCUT2D eigenvalue weighted by atomic mass is 35.5. The van der Waals surface area contributed by atoms with Crippen molar-refractivity contribution in [3.8, 4) is 0 Å². The van der Waals surface area contributed by atoms with Crippen molar-refractivity contribution in [2.24, 2.45) is 5.73 Å². The molecular weight excluding hydrogens is 172 g/mol. The van der Waals surface area contributed by atoms with Gasteiger partial charge >= 0.3 is 0 Å². The average molecular weight is 177 g/mol. The van der Waals surface area contributed by atoms with Crippen LogP contribution in [0.15, 0.2) is 5.38 Å². The maximum absolute atomic E-state index is 10.3. The first-order valence-corrected chi connectivity index (χ1v) is 3.82. The number of thiazole rings is 1. The van der Waals surface area contributed by atoms with Gasteiger partial charge in [0.2, 0.25) is 5.91 Å². The van der Waals surface area contributed by atoms with Gasteiger partial charge in [0, 0.05) is 5.38 Å². The van der Waals surface area contributed by atoms with Crippen LogP contribution >= 0.6 is 22.9 Å². The lowest BCUT2D eigenvalue weighted by molar-refractivity contribution is -0.117. The van der Waals surface area contributed by atoms with Crippen LogP contribution in [0.25, 0.3) is 0 Å². The maximum atomic E-state index is 10.3. The molecule has 1 amide bonds. The Morgan fingerprint density at radius 3 is 3.00 bits per heavy atom. The van der Waals surface area contributed by atoms with Crippen molar-refractivity contribution >= 4 is 28.8 Å². The predicted molar refractivity (Wildman–Crippen MR) is 40.0 cm³/mol. The van der Waals surface area contributed by atoms with Crippen molar-refractivity contribution in [1.29, 1.82) is 0 Å². The summed E-state index contributed by atoms with van der Waals surface area (Å²) in [5, 5.41) is 2.75. The van der Waals surface area contributed by atoms with Crippen LogP contribution in [0, 0.1) is 0 Å². The summed E-state index contributed by atoms with van der Waals surface area (Å²) in [6.07, 6.45) is 0.178. The molecule has 54 valence electrons. The molecule has 3 nitrogen and oxygen atoms in total. The molecule has 0 bridgehead atoms. The third-order valence-electron chi connectivity index (χ3n) is 0.849. The molecule has 0 saturated carbocycles. The molecule has 0 fully saturated rings. The van der Waals surface area contributed by atoms with E-state index in [1.54, 1.807) is 5.38 Å². The number of aromatic nitrogens is 1. The SMILES string of the molecule is NC(=O)Cc1nc(Cl)cs1. The van der Waals surface area contributed by atoms with E-state index in [4.69, 9.17) is 17.3 Å². The Labute approximate surface area is 66.8 Å². The summed E-state index contributed by atoms with van der Waals surface area (Å²) in [5.41, 5.74) is 4.92. The predicted octanol–water partition coefficient (Wildman–Crippen LogP) is 0.824. The fraction of sp³-hybridized carbons (Fsp3) is 0.200. The van der Waals surface area contributed by atoms with Gasteiger partial charge in [-0.05, 0) is 0 Å². The summed E-state index contributed by atoms with van der Waals surface area (Å²) in [6, 6.07) is 0. The van der Waals surface area contributed by atoms with Crippen LogP contribution < -0.4 is 5.73 Å². The Hall–Kier alpha value is -0.610. The molecule has 10 heavy (non-hydrogen) atoms. The first-order valence-electron chi connectivity index (χ1n) is 2.56. The molecule has 0 aromatic carbocycles. The number of carbonyl (C=O) groups excluding carboxylic acids is 1. The maximum Gasteiger partial charge on any atom is 0.224 e. The molecular formula is C5H5ClN2OS. The average Bonchev–Trinajstić information content (AvgIpc) is 2.13. The second-order valence-corrected chi connectivity index (χ2v) is 3.04. The van der Waals surface area contributed by atoms with Gasteiger partial charge in [-0.3, -0.25) is 4.79 Å². The second-order valence-electron chi connectivity index (χ2n) is 1.71. The minimum absolute atomic E-state index is 0.178. The Bertz CT molecular complexity index is 248. The number of primary amides is 1. The van der Waals surface area contributed by atoms with E-state index in [-0.39, 0.29) is 12.3 Å². The van der Waals surface area contributed by atoms with Gasteiger partial charge in [0.15, 0.2) is 0 Å². The molecule has 0 spiro atoms. The van der Waals surface area contributed by atoms with Crippen LogP contribution in [0.5, 0.6) is 0 Å². The molecule has 1 rings (SSSR count). The lowest BCUT2D eigenvalue weighted by Gasteiger charge is -1.85. The van der Waals surface area contributed by atoms with Gasteiger partial charge in [0.1, 0.15) is 10.2 Å². The molecule has 0 atom stereocenters. The minimum atomic E-state index is -0.383. The summed E-state index contributed by atoms with van der Waals surface area (Å²) in [5.74, 6) is -0.383. The number of halogens is 1. The summed E-state index contributed by atoms with van der Waals surface area (Å²) in [6.45, 7) is 0. The van der Waals surface area contributed by atoms with Crippen LogP contribution in [0.1, 0.15) is 5.01 Å². The third kappa shape index (κ3) is 1.97.